The molecule has 0 amide bonds. The Labute approximate surface area is 160 Å². The second-order valence-corrected chi connectivity index (χ2v) is 6.48. The van der Waals surface area contributed by atoms with Crippen molar-refractivity contribution < 1.29 is 4.74 Å². The van der Waals surface area contributed by atoms with Gasteiger partial charge in [0.1, 0.15) is 10.8 Å². The van der Waals surface area contributed by atoms with E-state index in [-0.39, 0.29) is 24.8 Å². The summed E-state index contributed by atoms with van der Waals surface area (Å²) < 4.78 is 5.48. The Kier molecular flexibility index (Phi) is 9.02. The van der Waals surface area contributed by atoms with Crippen molar-refractivity contribution >= 4 is 36.2 Å². The molecular formula is C17H25Cl2N3OS. The quantitative estimate of drug-likeness (QED) is 0.842. The molecule has 2 heterocycles. The maximum Gasteiger partial charge on any atom is 0.123 e. The van der Waals surface area contributed by atoms with Gasteiger partial charge >= 0.3 is 0 Å². The van der Waals surface area contributed by atoms with Crippen molar-refractivity contribution in [2.45, 2.75) is 26.4 Å². The van der Waals surface area contributed by atoms with Crippen LogP contribution in [0.2, 0.25) is 0 Å². The van der Waals surface area contributed by atoms with Gasteiger partial charge in [-0.15, -0.1) is 36.2 Å². The van der Waals surface area contributed by atoms with Crippen LogP contribution >= 0.6 is 36.2 Å². The number of halogens is 2. The average Bonchev–Trinajstić information content (AvgIpc) is 2.99. The molecule has 1 atom stereocenters. The van der Waals surface area contributed by atoms with E-state index in [0.717, 1.165) is 42.5 Å². The van der Waals surface area contributed by atoms with E-state index in [1.54, 1.807) is 11.3 Å². The number of thiazole rings is 1. The number of ether oxygens (including phenoxy) is 1. The van der Waals surface area contributed by atoms with E-state index >= 15 is 0 Å². The Balaban J connectivity index is 0.00000144. The SMILES string of the molecule is CCOc1ccc(-c2nc(CN3CCNC[C@H]3C)cs2)cc1.Cl.Cl. The molecule has 1 aliphatic rings. The number of nitrogens with zero attached hydrogens (tertiary/aromatic N) is 2. The minimum Gasteiger partial charge on any atom is -0.494 e. The Bertz CT molecular complexity index is 606. The molecule has 1 N–H and O–H groups in total. The van der Waals surface area contributed by atoms with Gasteiger partial charge in [0.15, 0.2) is 0 Å². The van der Waals surface area contributed by atoms with Crippen molar-refractivity contribution in [1.29, 1.82) is 0 Å². The van der Waals surface area contributed by atoms with Gasteiger partial charge in [0.05, 0.1) is 12.3 Å². The first-order valence-electron chi connectivity index (χ1n) is 7.88. The number of hydrogen-bond acceptors (Lipinski definition) is 5. The minimum absolute atomic E-state index is 0. The summed E-state index contributed by atoms with van der Waals surface area (Å²) in [6.45, 7) is 9.14. The van der Waals surface area contributed by atoms with Gasteiger partial charge in [0, 0.05) is 43.2 Å². The molecular weight excluding hydrogens is 365 g/mol. The fourth-order valence-corrected chi connectivity index (χ4v) is 3.52. The molecule has 4 nitrogen and oxygen atoms in total. The van der Waals surface area contributed by atoms with Crippen molar-refractivity contribution in [1.82, 2.24) is 15.2 Å². The lowest BCUT2D eigenvalue weighted by atomic mass is 10.2. The predicted molar refractivity (Wildman–Crippen MR) is 106 cm³/mol. The van der Waals surface area contributed by atoms with E-state index in [1.807, 2.05) is 19.1 Å². The first kappa shape index (κ1) is 21.2. The topological polar surface area (TPSA) is 37.4 Å². The summed E-state index contributed by atoms with van der Waals surface area (Å²) in [5.74, 6) is 0.915. The highest BCUT2D eigenvalue weighted by atomic mass is 35.5. The lowest BCUT2D eigenvalue weighted by molar-refractivity contribution is 0.164. The summed E-state index contributed by atoms with van der Waals surface area (Å²) in [4.78, 5) is 7.29. The maximum absolute atomic E-state index is 5.48. The van der Waals surface area contributed by atoms with Crippen LogP contribution in [0.4, 0.5) is 0 Å². The third kappa shape index (κ3) is 5.33. The van der Waals surface area contributed by atoms with Gasteiger partial charge in [-0.3, -0.25) is 4.90 Å². The van der Waals surface area contributed by atoms with Crippen molar-refractivity contribution in [3.63, 3.8) is 0 Å². The number of aromatic nitrogens is 1. The van der Waals surface area contributed by atoms with Gasteiger partial charge in [-0.25, -0.2) is 4.98 Å². The minimum atomic E-state index is 0. The molecule has 1 fully saturated rings. The van der Waals surface area contributed by atoms with E-state index in [0.29, 0.717) is 12.6 Å². The van der Waals surface area contributed by atoms with Crippen molar-refractivity contribution in [2.24, 2.45) is 0 Å². The van der Waals surface area contributed by atoms with Crippen LogP contribution in [0.1, 0.15) is 19.5 Å². The van der Waals surface area contributed by atoms with Gasteiger partial charge in [0.2, 0.25) is 0 Å². The zero-order valence-corrected chi connectivity index (χ0v) is 16.5. The van der Waals surface area contributed by atoms with Gasteiger partial charge < -0.3 is 10.1 Å². The van der Waals surface area contributed by atoms with Crippen molar-refractivity contribution in [2.75, 3.05) is 26.2 Å². The molecule has 0 saturated carbocycles. The summed E-state index contributed by atoms with van der Waals surface area (Å²) in [7, 11) is 0. The molecule has 7 heteroatoms. The number of nitrogens with one attached hydrogen (secondary N) is 1. The molecule has 3 rings (SSSR count). The second-order valence-electron chi connectivity index (χ2n) is 5.63. The molecule has 1 aromatic carbocycles. The van der Waals surface area contributed by atoms with Crippen LogP contribution in [-0.4, -0.2) is 42.2 Å². The van der Waals surface area contributed by atoms with Crippen LogP contribution in [0.3, 0.4) is 0 Å². The van der Waals surface area contributed by atoms with Crippen LogP contribution in [0.25, 0.3) is 10.6 Å². The van der Waals surface area contributed by atoms with Crippen LogP contribution in [0.15, 0.2) is 29.6 Å². The predicted octanol–water partition coefficient (Wildman–Crippen LogP) is 3.85. The highest BCUT2D eigenvalue weighted by Gasteiger charge is 2.19. The van der Waals surface area contributed by atoms with Crippen molar-refractivity contribution in [3.8, 4) is 16.3 Å². The molecule has 1 aromatic heterocycles. The Morgan fingerprint density at radius 2 is 2.04 bits per heavy atom. The molecule has 0 bridgehead atoms. The van der Waals surface area contributed by atoms with Crippen LogP contribution in [0, 0.1) is 0 Å². The standard InChI is InChI=1S/C17H23N3OS.2ClH/c1-3-21-16-6-4-14(5-7-16)17-19-15(12-22-17)11-20-9-8-18-10-13(20)2;;/h4-7,12-13,18H,3,8-11H2,1-2H3;2*1H/t13-;;/m1../s1. The Morgan fingerprint density at radius 1 is 1.29 bits per heavy atom. The number of piperazine rings is 1. The van der Waals surface area contributed by atoms with E-state index in [9.17, 15) is 0 Å². The molecule has 0 aliphatic carbocycles. The third-order valence-electron chi connectivity index (χ3n) is 3.97. The van der Waals surface area contributed by atoms with E-state index < -0.39 is 0 Å². The van der Waals surface area contributed by atoms with Gasteiger partial charge in [-0.1, -0.05) is 0 Å². The van der Waals surface area contributed by atoms with E-state index in [1.165, 1.54) is 5.69 Å². The first-order chi connectivity index (χ1) is 10.8. The first-order valence-corrected chi connectivity index (χ1v) is 8.76. The molecule has 0 spiro atoms. The highest BCUT2D eigenvalue weighted by Crippen LogP contribution is 2.26. The summed E-state index contributed by atoms with van der Waals surface area (Å²) in [5.41, 5.74) is 2.33. The fraction of sp³-hybridized carbons (Fsp3) is 0.471. The lowest BCUT2D eigenvalue weighted by Crippen LogP contribution is -2.49. The maximum atomic E-state index is 5.48. The normalized spacial score (nSPS) is 17.7. The lowest BCUT2D eigenvalue weighted by Gasteiger charge is -2.33. The number of benzene rings is 1. The summed E-state index contributed by atoms with van der Waals surface area (Å²) in [5, 5.41) is 6.69. The smallest absolute Gasteiger partial charge is 0.123 e. The molecule has 24 heavy (non-hydrogen) atoms. The van der Waals surface area contributed by atoms with Gasteiger partial charge in [0.25, 0.3) is 0 Å². The number of rotatable bonds is 5. The number of hydrogen-bond donors (Lipinski definition) is 1. The monoisotopic (exact) mass is 389 g/mol. The molecule has 0 unspecified atom stereocenters. The van der Waals surface area contributed by atoms with E-state index in [2.05, 4.69) is 34.7 Å². The summed E-state index contributed by atoms with van der Waals surface area (Å²) in [6, 6.07) is 8.77. The van der Waals surface area contributed by atoms with Gasteiger partial charge in [-0.05, 0) is 38.1 Å². The molecule has 134 valence electrons. The van der Waals surface area contributed by atoms with E-state index in [4.69, 9.17) is 9.72 Å². The third-order valence-corrected chi connectivity index (χ3v) is 4.91. The van der Waals surface area contributed by atoms with Crippen LogP contribution in [0.5, 0.6) is 5.75 Å². The average molecular weight is 390 g/mol. The Hall–Kier alpha value is -0.850. The second kappa shape index (κ2) is 10.2. The molecule has 1 aliphatic heterocycles. The highest BCUT2D eigenvalue weighted by molar-refractivity contribution is 7.13. The van der Waals surface area contributed by atoms with Crippen molar-refractivity contribution in [3.05, 3.63) is 35.3 Å². The van der Waals surface area contributed by atoms with Crippen LogP contribution < -0.4 is 10.1 Å². The Morgan fingerprint density at radius 3 is 2.71 bits per heavy atom. The molecule has 1 saturated heterocycles. The zero-order chi connectivity index (χ0) is 15.4. The zero-order valence-electron chi connectivity index (χ0n) is 14.0. The van der Waals surface area contributed by atoms with Crippen LogP contribution in [-0.2, 0) is 6.54 Å². The molecule has 2 aromatic rings. The summed E-state index contributed by atoms with van der Waals surface area (Å²) >= 11 is 1.72. The fourth-order valence-electron chi connectivity index (χ4n) is 2.70. The largest absolute Gasteiger partial charge is 0.494 e. The van der Waals surface area contributed by atoms with Gasteiger partial charge in [-0.2, -0.15) is 0 Å². The summed E-state index contributed by atoms with van der Waals surface area (Å²) in [6.07, 6.45) is 0. The molecule has 0 radical (unpaired) electrons.